The molecule has 2 amide bonds. The molecule has 0 atom stereocenters. The Bertz CT molecular complexity index is 680. The molecule has 0 bridgehead atoms. The Balaban J connectivity index is 1.34. The SMILES string of the molecule is CCn1cncc1CNC(=O)N1CCN(CCOc2ccccc2)CC1. The largest absolute Gasteiger partial charge is 0.492 e. The van der Waals surface area contributed by atoms with Gasteiger partial charge in [0.1, 0.15) is 12.4 Å². The van der Waals surface area contributed by atoms with E-state index in [1.807, 2.05) is 39.8 Å². The number of carbonyl (C=O) groups excluding carboxylic acids is 1. The summed E-state index contributed by atoms with van der Waals surface area (Å²) in [5.74, 6) is 0.900. The summed E-state index contributed by atoms with van der Waals surface area (Å²) >= 11 is 0. The maximum atomic E-state index is 12.3. The number of ether oxygens (including phenoxy) is 1. The lowest BCUT2D eigenvalue weighted by molar-refractivity contribution is 0.126. The Morgan fingerprint density at radius 3 is 2.69 bits per heavy atom. The van der Waals surface area contributed by atoms with Crippen molar-refractivity contribution in [2.75, 3.05) is 39.3 Å². The van der Waals surface area contributed by atoms with Crippen LogP contribution in [0, 0.1) is 0 Å². The zero-order valence-corrected chi connectivity index (χ0v) is 15.3. The number of piperazine rings is 1. The van der Waals surface area contributed by atoms with Crippen molar-refractivity contribution in [3.8, 4) is 5.75 Å². The second kappa shape index (κ2) is 9.24. The molecule has 0 spiro atoms. The van der Waals surface area contributed by atoms with E-state index in [0.29, 0.717) is 13.2 Å². The Morgan fingerprint density at radius 1 is 1.19 bits per heavy atom. The third-order valence-electron chi connectivity index (χ3n) is 4.64. The first-order chi connectivity index (χ1) is 12.8. The molecule has 3 rings (SSSR count). The summed E-state index contributed by atoms with van der Waals surface area (Å²) < 4.78 is 7.77. The van der Waals surface area contributed by atoms with E-state index in [2.05, 4.69) is 22.1 Å². The Hall–Kier alpha value is -2.54. The average Bonchev–Trinajstić information content (AvgIpc) is 3.15. The van der Waals surface area contributed by atoms with Crippen LogP contribution >= 0.6 is 0 Å². The van der Waals surface area contributed by atoms with Crippen molar-refractivity contribution in [2.45, 2.75) is 20.0 Å². The first kappa shape index (κ1) is 18.3. The molecular weight excluding hydrogens is 330 g/mol. The molecule has 1 saturated heterocycles. The van der Waals surface area contributed by atoms with Gasteiger partial charge >= 0.3 is 6.03 Å². The van der Waals surface area contributed by atoms with Crippen molar-refractivity contribution in [3.05, 3.63) is 48.5 Å². The highest BCUT2D eigenvalue weighted by molar-refractivity contribution is 5.74. The van der Waals surface area contributed by atoms with Crippen LogP contribution in [0.3, 0.4) is 0 Å². The molecule has 1 N–H and O–H groups in total. The molecule has 1 fully saturated rings. The molecule has 1 aromatic carbocycles. The van der Waals surface area contributed by atoms with Crippen molar-refractivity contribution >= 4 is 6.03 Å². The van der Waals surface area contributed by atoms with E-state index in [4.69, 9.17) is 4.74 Å². The van der Waals surface area contributed by atoms with Gasteiger partial charge in [0.25, 0.3) is 0 Å². The summed E-state index contributed by atoms with van der Waals surface area (Å²) in [6, 6.07) is 9.85. The first-order valence-corrected chi connectivity index (χ1v) is 9.18. The van der Waals surface area contributed by atoms with Gasteiger partial charge in [-0.2, -0.15) is 0 Å². The van der Waals surface area contributed by atoms with E-state index in [1.165, 1.54) is 0 Å². The number of rotatable bonds is 7. The van der Waals surface area contributed by atoms with Crippen molar-refractivity contribution in [1.82, 2.24) is 24.7 Å². The van der Waals surface area contributed by atoms with Crippen LogP contribution in [0.1, 0.15) is 12.6 Å². The van der Waals surface area contributed by atoms with Gasteiger partial charge in [0.2, 0.25) is 0 Å². The molecule has 140 valence electrons. The average molecular weight is 357 g/mol. The fraction of sp³-hybridized carbons (Fsp3) is 0.474. The molecule has 1 aliphatic heterocycles. The van der Waals surface area contributed by atoms with Gasteiger partial charge in [0.15, 0.2) is 0 Å². The number of hydrogen-bond acceptors (Lipinski definition) is 4. The van der Waals surface area contributed by atoms with Crippen LogP contribution in [0.4, 0.5) is 4.79 Å². The number of benzene rings is 1. The number of nitrogens with zero attached hydrogens (tertiary/aromatic N) is 4. The van der Waals surface area contributed by atoms with Crippen LogP contribution in [-0.4, -0.2) is 64.7 Å². The van der Waals surface area contributed by atoms with Gasteiger partial charge in [0.05, 0.1) is 18.6 Å². The van der Waals surface area contributed by atoms with Crippen LogP contribution in [0.5, 0.6) is 5.75 Å². The molecule has 7 heteroatoms. The minimum Gasteiger partial charge on any atom is -0.492 e. The van der Waals surface area contributed by atoms with Gasteiger partial charge in [-0.05, 0) is 19.1 Å². The van der Waals surface area contributed by atoms with Crippen LogP contribution in [-0.2, 0) is 13.1 Å². The lowest BCUT2D eigenvalue weighted by atomic mass is 10.3. The third kappa shape index (κ3) is 4.98. The number of aryl methyl sites for hydroxylation is 1. The number of imidazole rings is 1. The van der Waals surface area contributed by atoms with Gasteiger partial charge in [-0.1, -0.05) is 18.2 Å². The smallest absolute Gasteiger partial charge is 0.317 e. The highest BCUT2D eigenvalue weighted by atomic mass is 16.5. The van der Waals surface area contributed by atoms with Gasteiger partial charge in [-0.15, -0.1) is 0 Å². The zero-order chi connectivity index (χ0) is 18.2. The van der Waals surface area contributed by atoms with Crippen molar-refractivity contribution in [2.24, 2.45) is 0 Å². The van der Waals surface area contributed by atoms with Gasteiger partial charge in [-0.25, -0.2) is 9.78 Å². The number of amides is 2. The Labute approximate surface area is 154 Å². The highest BCUT2D eigenvalue weighted by Crippen LogP contribution is 2.09. The fourth-order valence-electron chi connectivity index (χ4n) is 3.04. The maximum absolute atomic E-state index is 12.3. The number of carbonyl (C=O) groups is 1. The van der Waals surface area contributed by atoms with Crippen LogP contribution < -0.4 is 10.1 Å². The van der Waals surface area contributed by atoms with Gasteiger partial charge < -0.3 is 19.5 Å². The Morgan fingerprint density at radius 2 is 1.96 bits per heavy atom. The minimum atomic E-state index is -0.00552. The maximum Gasteiger partial charge on any atom is 0.317 e. The predicted molar refractivity (Wildman–Crippen MR) is 100 cm³/mol. The van der Waals surface area contributed by atoms with E-state index in [0.717, 1.165) is 50.7 Å². The van der Waals surface area contributed by atoms with E-state index in [9.17, 15) is 4.79 Å². The Kier molecular flexibility index (Phi) is 6.49. The summed E-state index contributed by atoms with van der Waals surface area (Å²) in [7, 11) is 0. The summed E-state index contributed by atoms with van der Waals surface area (Å²) in [5.41, 5.74) is 1.03. The van der Waals surface area contributed by atoms with Crippen LogP contribution in [0.2, 0.25) is 0 Å². The second-order valence-corrected chi connectivity index (χ2v) is 6.32. The van der Waals surface area contributed by atoms with E-state index in [-0.39, 0.29) is 6.03 Å². The summed E-state index contributed by atoms with van der Waals surface area (Å²) in [6.07, 6.45) is 3.59. The van der Waals surface area contributed by atoms with E-state index >= 15 is 0 Å². The number of aromatic nitrogens is 2. The number of para-hydroxylation sites is 1. The van der Waals surface area contributed by atoms with Crippen molar-refractivity contribution < 1.29 is 9.53 Å². The molecule has 1 aromatic heterocycles. The van der Waals surface area contributed by atoms with Crippen LogP contribution in [0.25, 0.3) is 0 Å². The molecule has 0 saturated carbocycles. The number of urea groups is 1. The lowest BCUT2D eigenvalue weighted by Crippen LogP contribution is -2.52. The topological polar surface area (TPSA) is 62.6 Å². The zero-order valence-electron chi connectivity index (χ0n) is 15.3. The van der Waals surface area contributed by atoms with Crippen molar-refractivity contribution in [3.63, 3.8) is 0 Å². The highest BCUT2D eigenvalue weighted by Gasteiger charge is 2.20. The molecular formula is C19H27N5O2. The van der Waals surface area contributed by atoms with Gasteiger partial charge in [0, 0.05) is 45.5 Å². The monoisotopic (exact) mass is 357 g/mol. The van der Waals surface area contributed by atoms with E-state index < -0.39 is 0 Å². The predicted octanol–water partition coefficient (Wildman–Crippen LogP) is 1.81. The fourth-order valence-corrected chi connectivity index (χ4v) is 3.04. The quantitative estimate of drug-likeness (QED) is 0.821. The third-order valence-corrected chi connectivity index (χ3v) is 4.64. The first-order valence-electron chi connectivity index (χ1n) is 9.18. The van der Waals surface area contributed by atoms with E-state index in [1.54, 1.807) is 12.5 Å². The molecule has 2 heterocycles. The van der Waals surface area contributed by atoms with Gasteiger partial charge in [-0.3, -0.25) is 4.90 Å². The normalized spacial score (nSPS) is 15.0. The molecule has 2 aromatic rings. The molecule has 7 nitrogen and oxygen atoms in total. The molecule has 0 unspecified atom stereocenters. The minimum absolute atomic E-state index is 0.00552. The summed E-state index contributed by atoms with van der Waals surface area (Å²) in [5, 5.41) is 2.99. The number of nitrogens with one attached hydrogen (secondary N) is 1. The molecule has 1 aliphatic rings. The summed E-state index contributed by atoms with van der Waals surface area (Å²) in [4.78, 5) is 20.7. The number of hydrogen-bond donors (Lipinski definition) is 1. The molecule has 0 aliphatic carbocycles. The second-order valence-electron chi connectivity index (χ2n) is 6.32. The van der Waals surface area contributed by atoms with Crippen LogP contribution in [0.15, 0.2) is 42.9 Å². The standard InChI is InChI=1S/C19H27N5O2/c1-2-23-16-20-14-17(23)15-21-19(25)24-10-8-22(9-11-24)12-13-26-18-6-4-3-5-7-18/h3-7,14,16H,2,8-13,15H2,1H3,(H,21,25). The van der Waals surface area contributed by atoms with Crippen molar-refractivity contribution in [1.29, 1.82) is 0 Å². The molecule has 0 radical (unpaired) electrons. The summed E-state index contributed by atoms with van der Waals surface area (Å²) in [6.45, 7) is 8.20. The lowest BCUT2D eigenvalue weighted by Gasteiger charge is -2.34. The molecule has 26 heavy (non-hydrogen) atoms.